The fraction of sp³-hybridized carbons (Fsp3) is 0.167. The summed E-state index contributed by atoms with van der Waals surface area (Å²) in [4.78, 5) is 0. The summed E-state index contributed by atoms with van der Waals surface area (Å²) in [7, 11) is 1.90. The van der Waals surface area contributed by atoms with Gasteiger partial charge in [-0.3, -0.25) is 0 Å². The highest BCUT2D eigenvalue weighted by atomic mass is 35.5. The van der Waals surface area contributed by atoms with Crippen LogP contribution in [0.1, 0.15) is 5.56 Å². The van der Waals surface area contributed by atoms with E-state index in [0.717, 1.165) is 28.5 Å². The first kappa shape index (κ1) is 10.3. The average molecular weight is 222 g/mol. The highest BCUT2D eigenvalue weighted by molar-refractivity contribution is 6.31. The summed E-state index contributed by atoms with van der Waals surface area (Å²) < 4.78 is 5.30. The second kappa shape index (κ2) is 4.51. The Balaban J connectivity index is 2.33. The third-order valence-corrected chi connectivity index (χ3v) is 2.58. The molecule has 0 aliphatic heterocycles. The summed E-state index contributed by atoms with van der Waals surface area (Å²) in [5.41, 5.74) is 2.10. The molecule has 1 aromatic heterocycles. The molecule has 2 rings (SSSR count). The van der Waals surface area contributed by atoms with E-state index in [-0.39, 0.29) is 0 Å². The van der Waals surface area contributed by atoms with E-state index in [2.05, 4.69) is 5.32 Å². The maximum Gasteiger partial charge on any atom is 0.133 e. The molecule has 0 aliphatic rings. The van der Waals surface area contributed by atoms with Crippen LogP contribution in [0.3, 0.4) is 0 Å². The van der Waals surface area contributed by atoms with Gasteiger partial charge >= 0.3 is 0 Å². The summed E-state index contributed by atoms with van der Waals surface area (Å²) in [6, 6.07) is 9.73. The molecule has 1 heterocycles. The zero-order chi connectivity index (χ0) is 10.7. The Morgan fingerprint density at radius 2 is 2.20 bits per heavy atom. The second-order valence-electron chi connectivity index (χ2n) is 3.31. The molecule has 0 spiro atoms. The Hall–Kier alpha value is -1.25. The Bertz CT molecular complexity index is 437. The normalized spacial score (nSPS) is 10.5. The minimum Gasteiger partial charge on any atom is -0.464 e. The van der Waals surface area contributed by atoms with Gasteiger partial charge in [-0.05, 0) is 30.8 Å². The maximum absolute atomic E-state index is 6.14. The van der Waals surface area contributed by atoms with E-state index in [1.54, 1.807) is 6.26 Å². The number of nitrogens with one attached hydrogen (secondary N) is 1. The SMILES string of the molecule is CNCc1ccc(-c2ccco2)cc1Cl. The van der Waals surface area contributed by atoms with Gasteiger partial charge in [0.25, 0.3) is 0 Å². The summed E-state index contributed by atoms with van der Waals surface area (Å²) in [6.07, 6.45) is 1.66. The largest absolute Gasteiger partial charge is 0.464 e. The molecule has 0 bridgehead atoms. The number of halogens is 1. The predicted octanol–water partition coefficient (Wildman–Crippen LogP) is 3.32. The van der Waals surface area contributed by atoms with Crippen LogP contribution in [0.25, 0.3) is 11.3 Å². The molecule has 0 fully saturated rings. The van der Waals surface area contributed by atoms with Crippen molar-refractivity contribution >= 4 is 11.6 Å². The van der Waals surface area contributed by atoms with Gasteiger partial charge in [-0.2, -0.15) is 0 Å². The molecule has 2 aromatic rings. The standard InChI is InChI=1S/C12H12ClNO/c1-14-8-10-5-4-9(7-11(10)13)12-3-2-6-15-12/h2-7,14H,8H2,1H3. The van der Waals surface area contributed by atoms with Crippen molar-refractivity contribution in [3.63, 3.8) is 0 Å². The zero-order valence-electron chi connectivity index (χ0n) is 8.46. The highest BCUT2D eigenvalue weighted by Gasteiger charge is 2.04. The van der Waals surface area contributed by atoms with E-state index in [0.29, 0.717) is 0 Å². The fourth-order valence-corrected chi connectivity index (χ4v) is 1.72. The number of rotatable bonds is 3. The number of hydrogen-bond acceptors (Lipinski definition) is 2. The number of hydrogen-bond donors (Lipinski definition) is 1. The van der Waals surface area contributed by atoms with Crippen LogP contribution < -0.4 is 5.32 Å². The van der Waals surface area contributed by atoms with Crippen molar-refractivity contribution in [1.29, 1.82) is 0 Å². The molecule has 0 atom stereocenters. The minimum atomic E-state index is 0.762. The lowest BCUT2D eigenvalue weighted by molar-refractivity contribution is 0.582. The van der Waals surface area contributed by atoms with Crippen LogP contribution in [0.15, 0.2) is 41.0 Å². The van der Waals surface area contributed by atoms with Gasteiger partial charge in [0.15, 0.2) is 0 Å². The van der Waals surface area contributed by atoms with Crippen molar-refractivity contribution in [1.82, 2.24) is 5.32 Å². The third-order valence-electron chi connectivity index (χ3n) is 2.23. The molecule has 3 heteroatoms. The fourth-order valence-electron chi connectivity index (χ4n) is 1.48. The summed E-state index contributed by atoms with van der Waals surface area (Å²) in [5.74, 6) is 0.841. The van der Waals surface area contributed by atoms with Crippen molar-refractivity contribution in [3.05, 3.63) is 47.2 Å². The summed E-state index contributed by atoms with van der Waals surface area (Å²) in [5, 5.41) is 3.83. The van der Waals surface area contributed by atoms with Gasteiger partial charge < -0.3 is 9.73 Å². The van der Waals surface area contributed by atoms with Crippen LogP contribution in [-0.4, -0.2) is 7.05 Å². The summed E-state index contributed by atoms with van der Waals surface area (Å²) >= 11 is 6.14. The number of benzene rings is 1. The Kier molecular flexibility index (Phi) is 3.09. The Morgan fingerprint density at radius 3 is 2.80 bits per heavy atom. The molecule has 0 saturated carbocycles. The molecule has 1 aromatic carbocycles. The Morgan fingerprint density at radius 1 is 1.33 bits per heavy atom. The van der Waals surface area contributed by atoms with Crippen molar-refractivity contribution in [2.75, 3.05) is 7.05 Å². The first-order valence-electron chi connectivity index (χ1n) is 4.78. The van der Waals surface area contributed by atoms with E-state index in [1.807, 2.05) is 37.4 Å². The Labute approximate surface area is 93.9 Å². The van der Waals surface area contributed by atoms with Gasteiger partial charge in [-0.15, -0.1) is 0 Å². The molecule has 0 saturated heterocycles. The average Bonchev–Trinajstić information content (AvgIpc) is 2.74. The molecule has 0 aliphatic carbocycles. The smallest absolute Gasteiger partial charge is 0.133 e. The van der Waals surface area contributed by atoms with Crippen LogP contribution >= 0.6 is 11.6 Å². The molecule has 0 unspecified atom stereocenters. The molecule has 0 radical (unpaired) electrons. The lowest BCUT2D eigenvalue weighted by Gasteiger charge is -2.04. The lowest BCUT2D eigenvalue weighted by Crippen LogP contribution is -2.05. The molecule has 15 heavy (non-hydrogen) atoms. The zero-order valence-corrected chi connectivity index (χ0v) is 9.21. The van der Waals surface area contributed by atoms with E-state index in [9.17, 15) is 0 Å². The molecular weight excluding hydrogens is 210 g/mol. The third kappa shape index (κ3) is 2.22. The monoisotopic (exact) mass is 221 g/mol. The highest BCUT2D eigenvalue weighted by Crippen LogP contribution is 2.25. The van der Waals surface area contributed by atoms with Gasteiger partial charge in [0.1, 0.15) is 5.76 Å². The van der Waals surface area contributed by atoms with E-state index >= 15 is 0 Å². The lowest BCUT2D eigenvalue weighted by atomic mass is 10.1. The van der Waals surface area contributed by atoms with E-state index in [1.165, 1.54) is 0 Å². The van der Waals surface area contributed by atoms with Crippen molar-refractivity contribution in [3.8, 4) is 11.3 Å². The topological polar surface area (TPSA) is 25.2 Å². The van der Waals surface area contributed by atoms with Gasteiger partial charge in [0.2, 0.25) is 0 Å². The first-order valence-corrected chi connectivity index (χ1v) is 5.16. The van der Waals surface area contributed by atoms with Gasteiger partial charge in [0.05, 0.1) is 6.26 Å². The number of furan rings is 1. The van der Waals surface area contributed by atoms with Crippen molar-refractivity contribution < 1.29 is 4.42 Å². The first-order chi connectivity index (χ1) is 7.31. The van der Waals surface area contributed by atoms with Crippen molar-refractivity contribution in [2.45, 2.75) is 6.54 Å². The molecule has 2 nitrogen and oxygen atoms in total. The second-order valence-corrected chi connectivity index (χ2v) is 3.72. The van der Waals surface area contributed by atoms with Gasteiger partial charge in [-0.25, -0.2) is 0 Å². The molecular formula is C12H12ClNO. The van der Waals surface area contributed by atoms with E-state index < -0.39 is 0 Å². The maximum atomic E-state index is 6.14. The quantitative estimate of drug-likeness (QED) is 0.860. The predicted molar refractivity (Wildman–Crippen MR) is 61.9 cm³/mol. The molecule has 0 amide bonds. The minimum absolute atomic E-state index is 0.762. The molecule has 78 valence electrons. The summed E-state index contributed by atoms with van der Waals surface area (Å²) in [6.45, 7) is 0.775. The van der Waals surface area contributed by atoms with Crippen LogP contribution in [-0.2, 0) is 6.54 Å². The van der Waals surface area contributed by atoms with E-state index in [4.69, 9.17) is 16.0 Å². The van der Waals surface area contributed by atoms with Crippen molar-refractivity contribution in [2.24, 2.45) is 0 Å². The van der Waals surface area contributed by atoms with Crippen LogP contribution in [0.4, 0.5) is 0 Å². The van der Waals surface area contributed by atoms with Crippen LogP contribution in [0, 0.1) is 0 Å². The van der Waals surface area contributed by atoms with Gasteiger partial charge in [0, 0.05) is 17.1 Å². The van der Waals surface area contributed by atoms with Crippen LogP contribution in [0.2, 0.25) is 5.02 Å². The van der Waals surface area contributed by atoms with Gasteiger partial charge in [-0.1, -0.05) is 23.7 Å². The molecule has 1 N–H and O–H groups in total. The van der Waals surface area contributed by atoms with Crippen LogP contribution in [0.5, 0.6) is 0 Å².